The number of hydrogen-bond acceptors (Lipinski definition) is 4. The highest BCUT2D eigenvalue weighted by Gasteiger charge is 2.50. The average molecular weight is 367 g/mol. The third-order valence-corrected chi connectivity index (χ3v) is 6.57. The Balaban J connectivity index is 1.48. The number of benzene rings is 1. The van der Waals surface area contributed by atoms with Crippen molar-refractivity contribution in [3.05, 3.63) is 53.1 Å². The summed E-state index contributed by atoms with van der Waals surface area (Å²) in [7, 11) is 1.68. The van der Waals surface area contributed by atoms with Crippen LogP contribution in [-0.2, 0) is 16.1 Å². The molecule has 144 valence electrons. The van der Waals surface area contributed by atoms with Crippen molar-refractivity contribution in [2.24, 2.45) is 17.3 Å². The molecular weight excluding hydrogens is 338 g/mol. The molecule has 1 aromatic rings. The van der Waals surface area contributed by atoms with Gasteiger partial charge in [-0.05, 0) is 43.2 Å². The smallest absolute Gasteiger partial charge is 0.311 e. The fourth-order valence-corrected chi connectivity index (χ4v) is 5.07. The highest BCUT2D eigenvalue weighted by molar-refractivity contribution is 5.76. The van der Waals surface area contributed by atoms with Crippen molar-refractivity contribution in [1.82, 2.24) is 5.32 Å². The largest absolute Gasteiger partial charge is 0.496 e. The normalized spacial score (nSPS) is 32.1. The van der Waals surface area contributed by atoms with E-state index in [9.17, 15) is 4.79 Å². The lowest BCUT2D eigenvalue weighted by molar-refractivity contribution is -0.145. The molecule has 0 saturated carbocycles. The molecule has 1 aliphatic heterocycles. The predicted octanol–water partition coefficient (Wildman–Crippen LogP) is 4.02. The molecule has 1 aromatic carbocycles. The Labute approximate surface area is 161 Å². The van der Waals surface area contributed by atoms with Crippen LogP contribution in [-0.4, -0.2) is 25.7 Å². The van der Waals surface area contributed by atoms with Crippen LogP contribution < -0.4 is 10.1 Å². The van der Waals surface area contributed by atoms with Crippen LogP contribution >= 0.6 is 0 Å². The molecule has 4 atom stereocenters. The molecule has 1 saturated heterocycles. The number of nitrogens with one attached hydrogen (secondary N) is 1. The number of allylic oxidation sites excluding steroid dienone is 3. The summed E-state index contributed by atoms with van der Waals surface area (Å²) in [6.07, 6.45) is 7.92. The zero-order valence-electron chi connectivity index (χ0n) is 16.5. The fourth-order valence-electron chi connectivity index (χ4n) is 5.07. The van der Waals surface area contributed by atoms with E-state index in [0.29, 0.717) is 13.1 Å². The summed E-state index contributed by atoms with van der Waals surface area (Å²) >= 11 is 0. The molecule has 0 radical (unpaired) electrons. The first-order chi connectivity index (χ1) is 13.0. The minimum Gasteiger partial charge on any atom is -0.496 e. The Morgan fingerprint density at radius 1 is 1.33 bits per heavy atom. The number of fused-ring (bicyclic) bond motifs is 2. The van der Waals surface area contributed by atoms with Gasteiger partial charge in [0.2, 0.25) is 0 Å². The zero-order chi connectivity index (χ0) is 19.0. The lowest BCUT2D eigenvalue weighted by Gasteiger charge is -2.42. The predicted molar refractivity (Wildman–Crippen MR) is 105 cm³/mol. The molecule has 4 unspecified atom stereocenters. The van der Waals surface area contributed by atoms with Crippen LogP contribution in [0.2, 0.25) is 0 Å². The van der Waals surface area contributed by atoms with Crippen LogP contribution in [0.15, 0.2) is 47.6 Å². The van der Waals surface area contributed by atoms with Gasteiger partial charge in [-0.15, -0.1) is 0 Å². The van der Waals surface area contributed by atoms with E-state index in [1.165, 1.54) is 11.1 Å². The van der Waals surface area contributed by atoms with Crippen molar-refractivity contribution in [3.63, 3.8) is 0 Å². The maximum absolute atomic E-state index is 12.6. The first-order valence-corrected chi connectivity index (χ1v) is 9.94. The monoisotopic (exact) mass is 367 g/mol. The third kappa shape index (κ3) is 3.31. The number of carbonyl (C=O) groups is 1. The third-order valence-electron chi connectivity index (χ3n) is 6.57. The number of hydrogen-bond donors (Lipinski definition) is 1. The SMILES string of the molecule is COc1ccccc1CNCC1C(=O)OC2CC3(C)CCC=C(C)C3=CC21. The Morgan fingerprint density at radius 2 is 2.15 bits per heavy atom. The molecule has 2 aliphatic carbocycles. The average Bonchev–Trinajstić information content (AvgIpc) is 2.94. The Hall–Kier alpha value is -2.07. The van der Waals surface area contributed by atoms with Gasteiger partial charge in [0.15, 0.2) is 0 Å². The summed E-state index contributed by atoms with van der Waals surface area (Å²) in [6, 6.07) is 7.98. The Morgan fingerprint density at radius 3 is 2.96 bits per heavy atom. The van der Waals surface area contributed by atoms with Crippen molar-refractivity contribution in [1.29, 1.82) is 0 Å². The Kier molecular flexibility index (Phi) is 4.85. The maximum Gasteiger partial charge on any atom is 0.311 e. The van der Waals surface area contributed by atoms with E-state index in [-0.39, 0.29) is 29.3 Å². The summed E-state index contributed by atoms with van der Waals surface area (Å²) < 4.78 is 11.2. The van der Waals surface area contributed by atoms with Gasteiger partial charge in [-0.25, -0.2) is 0 Å². The van der Waals surface area contributed by atoms with E-state index in [4.69, 9.17) is 9.47 Å². The summed E-state index contributed by atoms with van der Waals surface area (Å²) in [6.45, 7) is 5.84. The topological polar surface area (TPSA) is 47.6 Å². The summed E-state index contributed by atoms with van der Waals surface area (Å²) in [4.78, 5) is 12.6. The van der Waals surface area contributed by atoms with Crippen LogP contribution in [0.5, 0.6) is 5.75 Å². The number of ether oxygens (including phenoxy) is 2. The van der Waals surface area contributed by atoms with E-state index in [2.05, 4.69) is 31.3 Å². The highest BCUT2D eigenvalue weighted by Crippen LogP contribution is 2.52. The molecule has 1 N–H and O–H groups in total. The van der Waals surface area contributed by atoms with Crippen LogP contribution in [0.4, 0.5) is 0 Å². The van der Waals surface area contributed by atoms with Crippen molar-refractivity contribution < 1.29 is 14.3 Å². The lowest BCUT2D eigenvalue weighted by Crippen LogP contribution is -2.38. The molecule has 4 rings (SSSR count). The van der Waals surface area contributed by atoms with Gasteiger partial charge in [0.1, 0.15) is 11.9 Å². The van der Waals surface area contributed by atoms with E-state index in [1.807, 2.05) is 24.3 Å². The molecule has 4 nitrogen and oxygen atoms in total. The van der Waals surface area contributed by atoms with E-state index < -0.39 is 0 Å². The second kappa shape index (κ2) is 7.16. The second-order valence-electron chi connectivity index (χ2n) is 8.37. The second-order valence-corrected chi connectivity index (χ2v) is 8.37. The van der Waals surface area contributed by atoms with Crippen molar-refractivity contribution in [3.8, 4) is 5.75 Å². The first kappa shape index (κ1) is 18.3. The number of para-hydroxylation sites is 1. The molecule has 0 spiro atoms. The Bertz CT molecular complexity index is 797. The molecule has 1 heterocycles. The van der Waals surface area contributed by atoms with Crippen LogP contribution in [0, 0.1) is 17.3 Å². The summed E-state index contributed by atoms with van der Waals surface area (Å²) in [5, 5.41) is 3.45. The molecule has 0 amide bonds. The number of rotatable bonds is 5. The van der Waals surface area contributed by atoms with Crippen LogP contribution in [0.1, 0.15) is 38.7 Å². The van der Waals surface area contributed by atoms with Crippen LogP contribution in [0.25, 0.3) is 0 Å². The standard InChI is InChI=1S/C23H29NO3/c1-15-7-6-10-23(2)12-21-17(11-19(15)23)18(22(25)27-21)14-24-13-16-8-4-5-9-20(16)26-3/h4-5,7-9,11,17-18,21,24H,6,10,12-14H2,1-3H3. The van der Waals surface area contributed by atoms with Gasteiger partial charge in [-0.1, -0.05) is 42.8 Å². The fraction of sp³-hybridized carbons (Fsp3) is 0.522. The van der Waals surface area contributed by atoms with Crippen molar-refractivity contribution >= 4 is 5.97 Å². The summed E-state index contributed by atoms with van der Waals surface area (Å²) in [5.74, 6) is 0.873. The number of esters is 1. The number of carbonyl (C=O) groups excluding carboxylic acids is 1. The highest BCUT2D eigenvalue weighted by atomic mass is 16.6. The molecule has 4 heteroatoms. The van der Waals surface area contributed by atoms with Crippen LogP contribution in [0.3, 0.4) is 0 Å². The zero-order valence-corrected chi connectivity index (χ0v) is 16.5. The van der Waals surface area contributed by atoms with Gasteiger partial charge < -0.3 is 14.8 Å². The van der Waals surface area contributed by atoms with Gasteiger partial charge in [0.05, 0.1) is 13.0 Å². The molecular formula is C23H29NO3. The van der Waals surface area contributed by atoms with E-state index in [0.717, 1.165) is 30.6 Å². The molecule has 27 heavy (non-hydrogen) atoms. The lowest BCUT2D eigenvalue weighted by atomic mass is 9.62. The maximum atomic E-state index is 12.6. The quantitative estimate of drug-likeness (QED) is 0.799. The molecule has 1 fully saturated rings. The van der Waals surface area contributed by atoms with E-state index >= 15 is 0 Å². The summed E-state index contributed by atoms with van der Waals surface area (Å²) in [5.41, 5.74) is 4.06. The van der Waals surface area contributed by atoms with Gasteiger partial charge >= 0.3 is 5.97 Å². The van der Waals surface area contributed by atoms with Gasteiger partial charge in [0, 0.05) is 24.6 Å². The van der Waals surface area contributed by atoms with Gasteiger partial charge in [0.25, 0.3) is 0 Å². The van der Waals surface area contributed by atoms with E-state index in [1.54, 1.807) is 7.11 Å². The minimum absolute atomic E-state index is 0.0233. The minimum atomic E-state index is -0.114. The molecule has 0 bridgehead atoms. The van der Waals surface area contributed by atoms with Gasteiger partial charge in [-0.2, -0.15) is 0 Å². The van der Waals surface area contributed by atoms with Crippen molar-refractivity contribution in [2.75, 3.05) is 13.7 Å². The first-order valence-electron chi connectivity index (χ1n) is 9.94. The molecule has 3 aliphatic rings. The van der Waals surface area contributed by atoms with Gasteiger partial charge in [-0.3, -0.25) is 4.79 Å². The van der Waals surface area contributed by atoms with Crippen molar-refractivity contribution in [2.45, 2.75) is 45.8 Å². The number of methoxy groups -OCH3 is 1. The molecule has 0 aromatic heterocycles.